The highest BCUT2D eigenvalue weighted by atomic mass is 16.3. The van der Waals surface area contributed by atoms with Gasteiger partial charge in [-0.15, -0.1) is 0 Å². The van der Waals surface area contributed by atoms with Gasteiger partial charge in [-0.3, -0.25) is 0 Å². The third kappa shape index (κ3) is 3.26. The van der Waals surface area contributed by atoms with Crippen molar-refractivity contribution in [1.82, 2.24) is 0 Å². The van der Waals surface area contributed by atoms with Gasteiger partial charge in [0.1, 0.15) is 0 Å². The summed E-state index contributed by atoms with van der Waals surface area (Å²) in [4.78, 5) is 0. The highest BCUT2D eigenvalue weighted by Gasteiger charge is 2.58. The minimum absolute atomic E-state index is 0.0889. The summed E-state index contributed by atoms with van der Waals surface area (Å²) in [6.45, 7) is 12.0. The summed E-state index contributed by atoms with van der Waals surface area (Å²) >= 11 is 0. The smallest absolute Gasteiger partial charge is 0.0577 e. The number of fused-ring (bicyclic) bond motifs is 5. The van der Waals surface area contributed by atoms with E-state index in [2.05, 4.69) is 58.9 Å². The fraction of sp³-hybridized carbons (Fsp3) is 0.778. The topological polar surface area (TPSA) is 20.2 Å². The van der Waals surface area contributed by atoms with E-state index in [1.165, 1.54) is 44.1 Å². The molecule has 8 atom stereocenters. The lowest BCUT2D eigenvalue weighted by Crippen LogP contribution is -2.50. The molecule has 28 heavy (non-hydrogen) atoms. The molecule has 0 aromatic carbocycles. The van der Waals surface area contributed by atoms with Crippen LogP contribution in [0.1, 0.15) is 86.0 Å². The van der Waals surface area contributed by atoms with E-state index in [-0.39, 0.29) is 6.10 Å². The van der Waals surface area contributed by atoms with Crippen LogP contribution in [0.15, 0.2) is 35.5 Å². The highest BCUT2D eigenvalue weighted by molar-refractivity contribution is 5.25. The van der Waals surface area contributed by atoms with E-state index in [4.69, 9.17) is 0 Å². The molecule has 0 amide bonds. The SMILES string of the molecule is CC(C)=C/C=C/C(C)[C@H]1CCC2C3CC=C4C[C@@H](O)CCC4(C)C3CCC21C. The van der Waals surface area contributed by atoms with Gasteiger partial charge in [0.2, 0.25) is 0 Å². The lowest BCUT2D eigenvalue weighted by atomic mass is 9.47. The van der Waals surface area contributed by atoms with Crippen molar-refractivity contribution in [3.05, 3.63) is 35.5 Å². The predicted octanol–water partition coefficient (Wildman–Crippen LogP) is 7.08. The highest BCUT2D eigenvalue weighted by Crippen LogP contribution is 2.67. The number of allylic oxidation sites excluding steroid dienone is 5. The van der Waals surface area contributed by atoms with E-state index in [9.17, 15) is 5.11 Å². The zero-order valence-electron chi connectivity index (χ0n) is 18.9. The summed E-state index contributed by atoms with van der Waals surface area (Å²) < 4.78 is 0. The second-order valence-electron chi connectivity index (χ2n) is 11.4. The molecule has 156 valence electrons. The average Bonchev–Trinajstić information content (AvgIpc) is 2.99. The van der Waals surface area contributed by atoms with Gasteiger partial charge in [0, 0.05) is 0 Å². The standard InChI is InChI=1S/C27H42O/c1-18(2)7-6-8-19(3)23-11-12-24-22-10-9-20-17-21(28)13-15-26(20,4)25(22)14-16-27(23,24)5/h6-9,19,21-25,28H,10-17H2,1-5H3/b8-6+/t19?,21-,22?,23+,24?,25?,26?,27?/m0/s1. The second kappa shape index (κ2) is 7.46. The molecular formula is C27H42O. The number of aliphatic hydroxyl groups excluding tert-OH is 1. The third-order valence-corrected chi connectivity index (χ3v) is 9.63. The summed E-state index contributed by atoms with van der Waals surface area (Å²) in [7, 11) is 0. The van der Waals surface area contributed by atoms with Crippen molar-refractivity contribution in [2.24, 2.45) is 40.4 Å². The van der Waals surface area contributed by atoms with Gasteiger partial charge < -0.3 is 5.11 Å². The lowest BCUT2D eigenvalue weighted by molar-refractivity contribution is -0.0540. The van der Waals surface area contributed by atoms with E-state index in [0.717, 1.165) is 36.5 Å². The Morgan fingerprint density at radius 1 is 1.11 bits per heavy atom. The second-order valence-corrected chi connectivity index (χ2v) is 11.4. The normalized spacial score (nSPS) is 46.4. The van der Waals surface area contributed by atoms with E-state index >= 15 is 0 Å². The van der Waals surface area contributed by atoms with E-state index < -0.39 is 0 Å². The fourth-order valence-electron chi connectivity index (χ4n) is 8.10. The number of aliphatic hydroxyl groups is 1. The van der Waals surface area contributed by atoms with Crippen LogP contribution in [-0.2, 0) is 0 Å². The zero-order chi connectivity index (χ0) is 20.1. The molecule has 4 aliphatic carbocycles. The first-order chi connectivity index (χ1) is 13.3. The van der Waals surface area contributed by atoms with Crippen LogP contribution in [-0.4, -0.2) is 11.2 Å². The summed E-state index contributed by atoms with van der Waals surface area (Å²) in [6.07, 6.45) is 19.6. The molecule has 0 spiro atoms. The maximum atomic E-state index is 10.2. The molecule has 0 bridgehead atoms. The quantitative estimate of drug-likeness (QED) is 0.408. The summed E-state index contributed by atoms with van der Waals surface area (Å²) in [5.74, 6) is 4.15. The summed E-state index contributed by atoms with van der Waals surface area (Å²) in [5, 5.41) is 10.2. The van der Waals surface area contributed by atoms with Crippen LogP contribution in [0.4, 0.5) is 0 Å². The van der Waals surface area contributed by atoms with Crippen LogP contribution in [0.5, 0.6) is 0 Å². The van der Waals surface area contributed by atoms with Gasteiger partial charge in [0.15, 0.2) is 0 Å². The Balaban J connectivity index is 1.55. The van der Waals surface area contributed by atoms with Crippen LogP contribution in [0.25, 0.3) is 0 Å². The predicted molar refractivity (Wildman–Crippen MR) is 119 cm³/mol. The number of hydrogen-bond donors (Lipinski definition) is 1. The maximum absolute atomic E-state index is 10.2. The van der Waals surface area contributed by atoms with Crippen LogP contribution in [0, 0.1) is 40.4 Å². The summed E-state index contributed by atoms with van der Waals surface area (Å²) in [6, 6.07) is 0. The van der Waals surface area contributed by atoms with Gasteiger partial charge in [-0.1, -0.05) is 56.2 Å². The molecule has 0 radical (unpaired) electrons. The van der Waals surface area contributed by atoms with E-state index in [1.54, 1.807) is 5.57 Å². The molecule has 3 saturated carbocycles. The van der Waals surface area contributed by atoms with Crippen molar-refractivity contribution in [3.8, 4) is 0 Å². The average molecular weight is 383 g/mol. The molecule has 0 aromatic rings. The minimum atomic E-state index is -0.0889. The third-order valence-electron chi connectivity index (χ3n) is 9.63. The Hall–Kier alpha value is -0.820. The Morgan fingerprint density at radius 2 is 1.89 bits per heavy atom. The van der Waals surface area contributed by atoms with Gasteiger partial charge in [-0.2, -0.15) is 0 Å². The van der Waals surface area contributed by atoms with Crippen LogP contribution in [0.2, 0.25) is 0 Å². The first-order valence-corrected chi connectivity index (χ1v) is 11.9. The maximum Gasteiger partial charge on any atom is 0.0577 e. The van der Waals surface area contributed by atoms with E-state index in [1.807, 2.05) is 0 Å². The molecule has 4 rings (SSSR count). The van der Waals surface area contributed by atoms with Crippen LogP contribution < -0.4 is 0 Å². The lowest BCUT2D eigenvalue weighted by Gasteiger charge is -2.58. The van der Waals surface area contributed by atoms with Crippen molar-refractivity contribution in [1.29, 1.82) is 0 Å². The monoisotopic (exact) mass is 382 g/mol. The molecule has 4 aliphatic rings. The first-order valence-electron chi connectivity index (χ1n) is 11.9. The minimum Gasteiger partial charge on any atom is -0.393 e. The Labute approximate surface area is 173 Å². The molecule has 0 aromatic heterocycles. The molecule has 0 aliphatic heterocycles. The van der Waals surface area contributed by atoms with Gasteiger partial charge in [-0.25, -0.2) is 0 Å². The molecule has 0 saturated heterocycles. The van der Waals surface area contributed by atoms with Crippen molar-refractivity contribution < 1.29 is 5.11 Å². The van der Waals surface area contributed by atoms with E-state index in [0.29, 0.717) is 16.7 Å². The first kappa shape index (κ1) is 20.5. The van der Waals surface area contributed by atoms with Gasteiger partial charge in [-0.05, 0) is 106 Å². The van der Waals surface area contributed by atoms with Crippen LogP contribution >= 0.6 is 0 Å². The number of hydrogen-bond acceptors (Lipinski definition) is 1. The molecular weight excluding hydrogens is 340 g/mol. The number of rotatable bonds is 3. The van der Waals surface area contributed by atoms with Gasteiger partial charge in [0.05, 0.1) is 6.10 Å². The molecule has 1 nitrogen and oxygen atoms in total. The molecule has 3 fully saturated rings. The van der Waals surface area contributed by atoms with Gasteiger partial charge >= 0.3 is 0 Å². The molecule has 1 N–H and O–H groups in total. The largest absolute Gasteiger partial charge is 0.393 e. The molecule has 6 unspecified atom stereocenters. The van der Waals surface area contributed by atoms with Crippen LogP contribution in [0.3, 0.4) is 0 Å². The van der Waals surface area contributed by atoms with Crippen molar-refractivity contribution in [2.75, 3.05) is 0 Å². The van der Waals surface area contributed by atoms with Crippen molar-refractivity contribution >= 4 is 0 Å². The van der Waals surface area contributed by atoms with Crippen molar-refractivity contribution in [3.63, 3.8) is 0 Å². The Bertz CT molecular complexity index is 680. The fourth-order valence-corrected chi connectivity index (χ4v) is 8.10. The summed E-state index contributed by atoms with van der Waals surface area (Å²) in [5.41, 5.74) is 3.88. The zero-order valence-corrected chi connectivity index (χ0v) is 18.9. The Morgan fingerprint density at radius 3 is 2.64 bits per heavy atom. The Kier molecular flexibility index (Phi) is 5.45. The van der Waals surface area contributed by atoms with Crippen molar-refractivity contribution in [2.45, 2.75) is 92.1 Å². The molecule has 0 heterocycles. The van der Waals surface area contributed by atoms with Gasteiger partial charge in [0.25, 0.3) is 0 Å². The molecule has 1 heteroatoms.